The number of hydrogen-bond acceptors (Lipinski definition) is 5. The van der Waals surface area contributed by atoms with Gasteiger partial charge < -0.3 is 4.74 Å². The maximum absolute atomic E-state index is 13.4. The summed E-state index contributed by atoms with van der Waals surface area (Å²) in [6, 6.07) is 17.5. The van der Waals surface area contributed by atoms with Gasteiger partial charge in [-0.05, 0) is 85.7 Å². The van der Waals surface area contributed by atoms with Gasteiger partial charge in [0.1, 0.15) is 11.5 Å². The predicted octanol–water partition coefficient (Wildman–Crippen LogP) is 5.92. The molecule has 0 saturated heterocycles. The fourth-order valence-electron chi connectivity index (χ4n) is 5.25. The highest BCUT2D eigenvalue weighted by atomic mass is 16.5. The van der Waals surface area contributed by atoms with Crippen molar-refractivity contribution in [2.24, 2.45) is 0 Å². The summed E-state index contributed by atoms with van der Waals surface area (Å²) in [6.45, 7) is 12.3. The molecule has 0 fully saturated rings. The largest absolute Gasteiger partial charge is 0.457 e. The molecule has 0 unspecified atom stereocenters. The molecule has 2 aromatic heterocycles. The van der Waals surface area contributed by atoms with Gasteiger partial charge in [-0.25, -0.2) is 4.57 Å². The van der Waals surface area contributed by atoms with Crippen molar-refractivity contribution in [3.8, 4) is 17.2 Å². The Kier molecular flexibility index (Phi) is 6.65. The molecule has 5 rings (SSSR count). The van der Waals surface area contributed by atoms with E-state index in [1.54, 1.807) is 24.3 Å². The molecule has 0 saturated carbocycles. The van der Waals surface area contributed by atoms with E-state index in [4.69, 9.17) is 4.74 Å². The third kappa shape index (κ3) is 4.21. The average molecular weight is 539 g/mol. The monoisotopic (exact) mass is 538 g/mol. The van der Waals surface area contributed by atoms with Crippen LogP contribution in [0.15, 0.2) is 79.8 Å². The summed E-state index contributed by atoms with van der Waals surface area (Å²) in [6.07, 6.45) is 2.19. The minimum absolute atomic E-state index is 0.0219. The van der Waals surface area contributed by atoms with Crippen molar-refractivity contribution in [2.45, 2.75) is 71.8 Å². The van der Waals surface area contributed by atoms with Crippen molar-refractivity contribution < 1.29 is 4.74 Å². The van der Waals surface area contributed by atoms with Gasteiger partial charge in [0.15, 0.2) is 0 Å². The molecule has 0 bridgehead atoms. The standard InChI is InChI=1S/C33H34N2O5/c1-7-32(4,5)20-11-10-12-23(17-20)40-22-15-13-21(14-16-22)34-28(36)24-18-26-27(19-25(24)29(34)37)31(39)35(30(26)38)33(6,8-2)9-3/h10-19H,7-9H2,1-6H3. The topological polar surface area (TPSA) is 87.4 Å². The van der Waals surface area contributed by atoms with Gasteiger partial charge in [0, 0.05) is 5.54 Å². The predicted molar refractivity (Wildman–Crippen MR) is 160 cm³/mol. The van der Waals surface area contributed by atoms with Crippen LogP contribution in [-0.4, -0.2) is 9.13 Å². The van der Waals surface area contributed by atoms with Crippen LogP contribution in [0.5, 0.6) is 11.5 Å². The molecule has 3 aromatic carbocycles. The van der Waals surface area contributed by atoms with Crippen molar-refractivity contribution in [1.82, 2.24) is 9.13 Å². The first-order valence-electron chi connectivity index (χ1n) is 13.8. The summed E-state index contributed by atoms with van der Waals surface area (Å²) in [5.41, 5.74) is -0.985. The van der Waals surface area contributed by atoms with Crippen molar-refractivity contribution in [2.75, 3.05) is 0 Å². The Hall–Kier alpha value is -4.26. The summed E-state index contributed by atoms with van der Waals surface area (Å²) in [5, 5.41) is 0.573. The maximum Gasteiger partial charge on any atom is 0.266 e. The smallest absolute Gasteiger partial charge is 0.266 e. The van der Waals surface area contributed by atoms with Crippen molar-refractivity contribution in [3.63, 3.8) is 0 Å². The minimum Gasteiger partial charge on any atom is -0.457 e. The van der Waals surface area contributed by atoms with Crippen molar-refractivity contribution >= 4 is 21.5 Å². The first-order chi connectivity index (χ1) is 19.0. The van der Waals surface area contributed by atoms with E-state index in [0.29, 0.717) is 30.0 Å². The Bertz CT molecular complexity index is 1870. The van der Waals surface area contributed by atoms with Gasteiger partial charge in [-0.15, -0.1) is 0 Å². The molecular weight excluding hydrogens is 504 g/mol. The highest BCUT2D eigenvalue weighted by Crippen LogP contribution is 2.31. The quantitative estimate of drug-likeness (QED) is 0.245. The van der Waals surface area contributed by atoms with E-state index in [9.17, 15) is 19.2 Å². The van der Waals surface area contributed by atoms with Crippen LogP contribution in [0.3, 0.4) is 0 Å². The normalized spacial score (nSPS) is 12.4. The van der Waals surface area contributed by atoms with Crippen LogP contribution >= 0.6 is 0 Å². The Labute approximate surface area is 232 Å². The number of rotatable bonds is 8. The summed E-state index contributed by atoms with van der Waals surface area (Å²) in [4.78, 5) is 53.3. The highest BCUT2D eigenvalue weighted by Gasteiger charge is 2.29. The highest BCUT2D eigenvalue weighted by molar-refractivity contribution is 5.98. The zero-order valence-corrected chi connectivity index (χ0v) is 23.8. The van der Waals surface area contributed by atoms with Gasteiger partial charge in [-0.3, -0.25) is 23.7 Å². The Morgan fingerprint density at radius 2 is 1.15 bits per heavy atom. The van der Waals surface area contributed by atoms with Crippen LogP contribution in [-0.2, 0) is 11.0 Å². The van der Waals surface area contributed by atoms with Crippen molar-refractivity contribution in [3.05, 3.63) is 108 Å². The lowest BCUT2D eigenvalue weighted by Crippen LogP contribution is -2.42. The Balaban J connectivity index is 1.54. The van der Waals surface area contributed by atoms with Crippen LogP contribution < -0.4 is 27.0 Å². The fourth-order valence-corrected chi connectivity index (χ4v) is 5.25. The second kappa shape index (κ2) is 9.73. The average Bonchev–Trinajstić information content (AvgIpc) is 3.36. The van der Waals surface area contributed by atoms with E-state index in [1.165, 1.54) is 22.3 Å². The Morgan fingerprint density at radius 1 is 0.625 bits per heavy atom. The molecule has 0 N–H and O–H groups in total. The van der Waals surface area contributed by atoms with Gasteiger partial charge in [0.25, 0.3) is 22.2 Å². The molecule has 0 amide bonds. The van der Waals surface area contributed by atoms with Gasteiger partial charge in [0.05, 0.1) is 27.2 Å². The zero-order valence-electron chi connectivity index (χ0n) is 23.8. The minimum atomic E-state index is -0.644. The third-order valence-electron chi connectivity index (χ3n) is 8.78. The maximum atomic E-state index is 13.4. The zero-order chi connectivity index (χ0) is 29.0. The molecular formula is C33H34N2O5. The number of fused-ring (bicyclic) bond motifs is 2. The Morgan fingerprint density at radius 3 is 1.65 bits per heavy atom. The van der Waals surface area contributed by atoms with Gasteiger partial charge in [-0.2, -0.15) is 0 Å². The SMILES string of the molecule is CCC(C)(C)c1cccc(Oc2ccc(-n3c(=O)c4cc5c(=O)n(C(C)(CC)CC)c(=O)c5cc4c3=O)cc2)c1. The fraction of sp³-hybridized carbons (Fsp3) is 0.333. The summed E-state index contributed by atoms with van der Waals surface area (Å²) in [5.74, 6) is 1.27. The number of aromatic nitrogens is 2. The number of ether oxygens (including phenoxy) is 1. The van der Waals surface area contributed by atoms with Crippen LogP contribution in [0.1, 0.15) is 66.4 Å². The van der Waals surface area contributed by atoms with Crippen LogP contribution in [0.4, 0.5) is 0 Å². The molecule has 0 aliphatic heterocycles. The van der Waals surface area contributed by atoms with Gasteiger partial charge in [0.2, 0.25) is 0 Å². The first kappa shape index (κ1) is 27.3. The van der Waals surface area contributed by atoms with E-state index in [0.717, 1.165) is 11.0 Å². The number of nitrogens with zero attached hydrogens (tertiary/aromatic N) is 2. The van der Waals surface area contributed by atoms with Gasteiger partial charge >= 0.3 is 0 Å². The van der Waals surface area contributed by atoms with E-state index >= 15 is 0 Å². The van der Waals surface area contributed by atoms with Gasteiger partial charge in [-0.1, -0.05) is 46.8 Å². The lowest BCUT2D eigenvalue weighted by atomic mass is 9.82. The second-order valence-electron chi connectivity index (χ2n) is 11.4. The first-order valence-corrected chi connectivity index (χ1v) is 13.8. The lowest BCUT2D eigenvalue weighted by molar-refractivity contribution is 0.282. The molecule has 0 atom stereocenters. The molecule has 206 valence electrons. The molecule has 7 nitrogen and oxygen atoms in total. The lowest BCUT2D eigenvalue weighted by Gasteiger charge is -2.27. The third-order valence-corrected chi connectivity index (χ3v) is 8.78. The van der Waals surface area contributed by atoms with E-state index in [-0.39, 0.29) is 27.0 Å². The second-order valence-corrected chi connectivity index (χ2v) is 11.4. The molecule has 40 heavy (non-hydrogen) atoms. The molecule has 7 heteroatoms. The molecule has 0 radical (unpaired) electrons. The summed E-state index contributed by atoms with van der Waals surface area (Å²) >= 11 is 0. The summed E-state index contributed by atoms with van der Waals surface area (Å²) < 4.78 is 8.40. The van der Waals surface area contributed by atoms with E-state index < -0.39 is 27.8 Å². The molecule has 5 aromatic rings. The van der Waals surface area contributed by atoms with E-state index in [2.05, 4.69) is 26.8 Å². The van der Waals surface area contributed by atoms with Crippen molar-refractivity contribution in [1.29, 1.82) is 0 Å². The summed E-state index contributed by atoms with van der Waals surface area (Å²) in [7, 11) is 0. The van der Waals surface area contributed by atoms with Crippen LogP contribution in [0.25, 0.3) is 27.2 Å². The van der Waals surface area contributed by atoms with Crippen LogP contribution in [0, 0.1) is 0 Å². The number of hydrogen-bond donors (Lipinski definition) is 0. The molecule has 0 aliphatic carbocycles. The molecule has 2 heterocycles. The van der Waals surface area contributed by atoms with Crippen LogP contribution in [0.2, 0.25) is 0 Å². The number of benzene rings is 3. The van der Waals surface area contributed by atoms with E-state index in [1.807, 2.05) is 39.0 Å². The molecule has 0 spiro atoms. The molecule has 0 aliphatic rings.